The number of nitrogens with zero attached hydrogens (tertiary/aromatic N) is 2. The number of esters is 2. The Bertz CT molecular complexity index is 1860. The predicted molar refractivity (Wildman–Crippen MR) is 202 cm³/mol. The molecule has 0 amide bonds. The van der Waals surface area contributed by atoms with Crippen molar-refractivity contribution >= 4 is 11.9 Å². The van der Waals surface area contributed by atoms with E-state index in [-0.39, 0.29) is 13.2 Å². The van der Waals surface area contributed by atoms with Crippen LogP contribution < -0.4 is 9.47 Å². The molecule has 1 fully saturated rings. The standard InChI is InChI=1S/C44H46N2O8/c1-51-33-19-15-31(16-20-33)37-35(39(49)53-3)25-45(23-29-11-7-5-8-12-29)41-43(37,27-47)42-44(41,28-48)38(32-17-21-34(52-2)22-18-32)36(40(50)54-4)26-46(42)24-30-13-9-6-10-14-30/h5-22,25-26,37-38,41-42,47-48H,23-24,27-28H2,1-4H3/t37-,38+,41?,42?,43?,44?. The molecular weight excluding hydrogens is 684 g/mol. The van der Waals surface area contributed by atoms with Gasteiger partial charge in [-0.3, -0.25) is 0 Å². The second-order valence-electron chi connectivity index (χ2n) is 14.2. The average molecular weight is 731 g/mol. The number of fused-ring (bicyclic) bond motifs is 4. The van der Waals surface area contributed by atoms with Gasteiger partial charge in [0.2, 0.25) is 0 Å². The Morgan fingerprint density at radius 2 is 0.907 bits per heavy atom. The SMILES string of the molecule is COC(=O)C1=CN(Cc2ccccc2)C2C(CO)(C3N(Cc4ccccc4)C=C(C(=O)OC)[C@@H](c4ccc(OC)cc4)C23CO)[C@H]1c1ccc(OC)cc1. The van der Waals surface area contributed by atoms with Gasteiger partial charge in [0.15, 0.2) is 0 Å². The summed E-state index contributed by atoms with van der Waals surface area (Å²) in [6.45, 7) is -0.0173. The lowest BCUT2D eigenvalue weighted by atomic mass is 9.34. The van der Waals surface area contributed by atoms with E-state index in [0.29, 0.717) is 35.7 Å². The fourth-order valence-corrected chi connectivity index (χ4v) is 9.84. The summed E-state index contributed by atoms with van der Waals surface area (Å²) in [5.74, 6) is -1.14. The molecule has 3 aliphatic rings. The summed E-state index contributed by atoms with van der Waals surface area (Å²) in [4.78, 5) is 32.2. The molecule has 0 bridgehead atoms. The maximum absolute atomic E-state index is 14.0. The molecule has 7 rings (SSSR count). The third-order valence-electron chi connectivity index (χ3n) is 11.7. The highest BCUT2D eigenvalue weighted by Crippen LogP contribution is 2.74. The predicted octanol–water partition coefficient (Wildman–Crippen LogP) is 5.42. The lowest BCUT2D eigenvalue weighted by Gasteiger charge is -2.78. The first-order valence-corrected chi connectivity index (χ1v) is 18.0. The molecule has 2 aliphatic heterocycles. The number of methoxy groups -OCH3 is 4. The zero-order valence-electron chi connectivity index (χ0n) is 30.9. The number of aliphatic hydroxyl groups excluding tert-OH is 2. The summed E-state index contributed by atoms with van der Waals surface area (Å²) >= 11 is 0. The quantitative estimate of drug-likeness (QED) is 0.183. The number of hydrogen-bond donors (Lipinski definition) is 2. The maximum Gasteiger partial charge on any atom is 0.335 e. The molecular formula is C44H46N2O8. The van der Waals surface area contributed by atoms with Crippen molar-refractivity contribution < 1.29 is 38.7 Å². The number of carbonyl (C=O) groups is 2. The van der Waals surface area contributed by atoms with E-state index in [4.69, 9.17) is 18.9 Å². The van der Waals surface area contributed by atoms with Crippen LogP contribution >= 0.6 is 0 Å². The molecule has 54 heavy (non-hydrogen) atoms. The molecule has 4 aromatic rings. The van der Waals surface area contributed by atoms with Gasteiger partial charge in [0.1, 0.15) is 11.5 Å². The molecule has 4 aromatic carbocycles. The van der Waals surface area contributed by atoms with Crippen molar-refractivity contribution in [2.45, 2.75) is 37.0 Å². The minimum atomic E-state index is -1.12. The van der Waals surface area contributed by atoms with Crippen LogP contribution in [0.3, 0.4) is 0 Å². The van der Waals surface area contributed by atoms with Crippen LogP contribution in [-0.2, 0) is 32.2 Å². The van der Waals surface area contributed by atoms with Crippen molar-refractivity contribution in [2.75, 3.05) is 41.7 Å². The molecule has 10 heteroatoms. The normalized spacial score (nSPS) is 25.6. The van der Waals surface area contributed by atoms with E-state index in [1.807, 2.05) is 122 Å². The Labute approximate surface area is 315 Å². The second-order valence-corrected chi connectivity index (χ2v) is 14.2. The van der Waals surface area contributed by atoms with Gasteiger partial charge in [0, 0.05) is 48.2 Å². The topological polar surface area (TPSA) is 118 Å². The number of carbonyl (C=O) groups excluding carboxylic acids is 2. The number of aliphatic hydroxyl groups is 2. The summed E-state index contributed by atoms with van der Waals surface area (Å²) < 4.78 is 22.0. The van der Waals surface area contributed by atoms with Gasteiger partial charge in [-0.1, -0.05) is 84.9 Å². The van der Waals surface area contributed by atoms with E-state index in [9.17, 15) is 19.8 Å². The molecule has 1 aliphatic carbocycles. The summed E-state index contributed by atoms with van der Waals surface area (Å²) in [5, 5.41) is 24.3. The van der Waals surface area contributed by atoms with E-state index in [0.717, 1.165) is 22.3 Å². The molecule has 1 saturated carbocycles. The van der Waals surface area contributed by atoms with E-state index >= 15 is 0 Å². The third kappa shape index (κ3) is 5.81. The second kappa shape index (κ2) is 15.0. The van der Waals surface area contributed by atoms with Gasteiger partial charge in [-0.05, 0) is 46.5 Å². The van der Waals surface area contributed by atoms with Gasteiger partial charge in [-0.2, -0.15) is 0 Å². The lowest BCUT2D eigenvalue weighted by molar-refractivity contribution is -0.264. The van der Waals surface area contributed by atoms with Crippen molar-refractivity contribution in [3.63, 3.8) is 0 Å². The van der Waals surface area contributed by atoms with Crippen molar-refractivity contribution in [3.8, 4) is 11.5 Å². The Kier molecular flexibility index (Phi) is 10.2. The highest BCUT2D eigenvalue weighted by molar-refractivity contribution is 5.92. The van der Waals surface area contributed by atoms with Crippen LogP contribution in [0.1, 0.15) is 34.1 Å². The Morgan fingerprint density at radius 3 is 1.20 bits per heavy atom. The van der Waals surface area contributed by atoms with Crippen LogP contribution in [0.25, 0.3) is 0 Å². The van der Waals surface area contributed by atoms with Crippen molar-refractivity contribution in [3.05, 3.63) is 155 Å². The average Bonchev–Trinajstić information content (AvgIpc) is 3.22. The Morgan fingerprint density at radius 1 is 0.556 bits per heavy atom. The fourth-order valence-electron chi connectivity index (χ4n) is 9.84. The molecule has 6 atom stereocenters. The molecule has 280 valence electrons. The number of rotatable bonds is 12. The maximum atomic E-state index is 14.0. The zero-order chi connectivity index (χ0) is 38.0. The molecule has 0 radical (unpaired) electrons. The molecule has 0 spiro atoms. The van der Waals surface area contributed by atoms with E-state index in [2.05, 4.69) is 9.80 Å². The van der Waals surface area contributed by atoms with Gasteiger partial charge in [0.05, 0.1) is 64.9 Å². The molecule has 2 N–H and O–H groups in total. The van der Waals surface area contributed by atoms with Gasteiger partial charge < -0.3 is 39.0 Å². The van der Waals surface area contributed by atoms with Crippen molar-refractivity contribution in [2.24, 2.45) is 10.8 Å². The highest BCUT2D eigenvalue weighted by Gasteiger charge is 2.81. The fraction of sp³-hybridized carbons (Fsp3) is 0.318. The first kappa shape index (κ1) is 36.8. The summed E-state index contributed by atoms with van der Waals surface area (Å²) in [5.41, 5.74) is 1.99. The number of benzene rings is 4. The molecule has 0 saturated heterocycles. The van der Waals surface area contributed by atoms with Crippen LogP contribution in [-0.4, -0.2) is 85.7 Å². The van der Waals surface area contributed by atoms with Gasteiger partial charge >= 0.3 is 11.9 Å². The van der Waals surface area contributed by atoms with E-state index < -0.39 is 46.7 Å². The smallest absolute Gasteiger partial charge is 0.335 e. The van der Waals surface area contributed by atoms with Crippen LogP contribution in [0.5, 0.6) is 11.5 Å². The highest BCUT2D eigenvalue weighted by atomic mass is 16.5. The monoisotopic (exact) mass is 730 g/mol. The minimum Gasteiger partial charge on any atom is -0.497 e. The zero-order valence-corrected chi connectivity index (χ0v) is 30.9. The molecule has 0 aromatic heterocycles. The lowest BCUT2D eigenvalue weighted by Crippen LogP contribution is -2.86. The van der Waals surface area contributed by atoms with Crippen LogP contribution in [0, 0.1) is 10.8 Å². The largest absolute Gasteiger partial charge is 0.497 e. The number of hydrogen-bond acceptors (Lipinski definition) is 10. The molecule has 2 heterocycles. The van der Waals surface area contributed by atoms with Gasteiger partial charge in [-0.15, -0.1) is 0 Å². The first-order valence-electron chi connectivity index (χ1n) is 18.0. The van der Waals surface area contributed by atoms with Crippen molar-refractivity contribution in [1.29, 1.82) is 0 Å². The van der Waals surface area contributed by atoms with Gasteiger partial charge in [-0.25, -0.2) is 9.59 Å². The van der Waals surface area contributed by atoms with E-state index in [1.165, 1.54) is 14.2 Å². The summed E-state index contributed by atoms with van der Waals surface area (Å²) in [7, 11) is 5.91. The number of ether oxygens (including phenoxy) is 4. The molecule has 10 nitrogen and oxygen atoms in total. The molecule has 4 unspecified atom stereocenters. The van der Waals surface area contributed by atoms with E-state index in [1.54, 1.807) is 14.2 Å². The van der Waals surface area contributed by atoms with Crippen LogP contribution in [0.4, 0.5) is 0 Å². The van der Waals surface area contributed by atoms with Crippen LogP contribution in [0.2, 0.25) is 0 Å². The Hall–Kier alpha value is -5.58. The first-order chi connectivity index (χ1) is 26.3. The summed E-state index contributed by atoms with van der Waals surface area (Å²) in [6.07, 6.45) is 3.67. The van der Waals surface area contributed by atoms with Crippen molar-refractivity contribution in [1.82, 2.24) is 9.80 Å². The minimum absolute atomic E-state index is 0.350. The Balaban J connectivity index is 1.56. The van der Waals surface area contributed by atoms with Gasteiger partial charge in [0.25, 0.3) is 0 Å². The third-order valence-corrected chi connectivity index (χ3v) is 11.7. The van der Waals surface area contributed by atoms with Crippen LogP contribution in [0.15, 0.2) is 133 Å². The summed E-state index contributed by atoms with van der Waals surface area (Å²) in [6, 6.07) is 33.5.